The predicted molar refractivity (Wildman–Crippen MR) is 58.5 cm³/mol. The summed E-state index contributed by atoms with van der Waals surface area (Å²) in [6.07, 6.45) is 0.746. The van der Waals surface area contributed by atoms with Gasteiger partial charge in [0.15, 0.2) is 0 Å². The normalized spacial score (nSPS) is 24.0. The molecular formula is C12H11F2NO3. The number of rotatable bonds is 2. The molecule has 96 valence electrons. The van der Waals surface area contributed by atoms with E-state index in [-0.39, 0.29) is 12.8 Å². The number of carbonyl (C=O) groups excluding carboxylic acids is 1. The van der Waals surface area contributed by atoms with Crippen LogP contribution in [0.2, 0.25) is 0 Å². The number of nitrogens with zero attached hydrogens (tertiary/aromatic N) is 1. The quantitative estimate of drug-likeness (QED) is 0.602. The van der Waals surface area contributed by atoms with Crippen LogP contribution in [0.25, 0.3) is 0 Å². The number of carbonyl (C=O) groups is 1. The fraction of sp³-hybridized carbons (Fsp3) is 0.417. The molecule has 0 saturated heterocycles. The van der Waals surface area contributed by atoms with Crippen molar-refractivity contribution < 1.29 is 18.5 Å². The molecule has 1 aliphatic carbocycles. The largest absolute Gasteiger partial charge is 0.309 e. The summed E-state index contributed by atoms with van der Waals surface area (Å²) in [5, 5.41) is 11.2. The van der Waals surface area contributed by atoms with Crippen LogP contribution < -0.4 is 0 Å². The Morgan fingerprint density at radius 2 is 1.83 bits per heavy atom. The number of ketones is 1. The fourth-order valence-electron chi connectivity index (χ4n) is 2.45. The third-order valence-electron chi connectivity index (χ3n) is 3.34. The lowest BCUT2D eigenvalue weighted by molar-refractivity contribution is -0.564. The second kappa shape index (κ2) is 4.44. The van der Waals surface area contributed by atoms with E-state index in [1.165, 1.54) is 0 Å². The van der Waals surface area contributed by atoms with Crippen LogP contribution >= 0.6 is 0 Å². The minimum absolute atomic E-state index is 0.0191. The third kappa shape index (κ3) is 1.68. The Bertz CT molecular complexity index is 498. The summed E-state index contributed by atoms with van der Waals surface area (Å²) < 4.78 is 27.4. The highest BCUT2D eigenvalue weighted by Gasteiger charge is 2.56. The van der Waals surface area contributed by atoms with Gasteiger partial charge in [0.1, 0.15) is 17.2 Å². The molecule has 0 aliphatic heterocycles. The molecule has 0 N–H and O–H groups in total. The summed E-state index contributed by atoms with van der Waals surface area (Å²) in [4.78, 5) is 22.3. The molecule has 0 heterocycles. The molecule has 2 rings (SSSR count). The number of nitro groups is 1. The Morgan fingerprint density at radius 1 is 1.22 bits per heavy atom. The number of Topliss-reactive ketones (excluding diaryl/α,β-unsaturated/α-hetero) is 1. The van der Waals surface area contributed by atoms with Crippen LogP contribution in [0, 0.1) is 21.7 Å². The van der Waals surface area contributed by atoms with Crippen molar-refractivity contribution in [2.75, 3.05) is 0 Å². The second-order valence-electron chi connectivity index (χ2n) is 4.34. The predicted octanol–water partition coefficient (Wildman–Crippen LogP) is 2.58. The molecule has 1 aromatic rings. The van der Waals surface area contributed by atoms with Crippen LogP contribution in [-0.4, -0.2) is 10.7 Å². The molecule has 1 atom stereocenters. The van der Waals surface area contributed by atoms with E-state index in [1.54, 1.807) is 0 Å². The number of halogens is 2. The van der Waals surface area contributed by atoms with E-state index in [2.05, 4.69) is 0 Å². The molecule has 18 heavy (non-hydrogen) atoms. The van der Waals surface area contributed by atoms with E-state index in [0.29, 0.717) is 12.8 Å². The van der Waals surface area contributed by atoms with E-state index in [1.807, 2.05) is 0 Å². The van der Waals surface area contributed by atoms with Gasteiger partial charge in [-0.3, -0.25) is 14.9 Å². The third-order valence-corrected chi connectivity index (χ3v) is 3.34. The van der Waals surface area contributed by atoms with Crippen molar-refractivity contribution in [3.8, 4) is 0 Å². The summed E-state index contributed by atoms with van der Waals surface area (Å²) >= 11 is 0. The van der Waals surface area contributed by atoms with E-state index < -0.39 is 33.4 Å². The number of hydrogen-bond acceptors (Lipinski definition) is 3. The van der Waals surface area contributed by atoms with Crippen molar-refractivity contribution >= 4 is 5.78 Å². The highest BCUT2D eigenvalue weighted by atomic mass is 19.1. The lowest BCUT2D eigenvalue weighted by Gasteiger charge is -2.28. The van der Waals surface area contributed by atoms with Crippen molar-refractivity contribution in [2.45, 2.75) is 31.2 Å². The van der Waals surface area contributed by atoms with Crippen LogP contribution in [0.15, 0.2) is 18.2 Å². The van der Waals surface area contributed by atoms with Crippen molar-refractivity contribution in [1.82, 2.24) is 0 Å². The average molecular weight is 255 g/mol. The summed E-state index contributed by atoms with van der Waals surface area (Å²) in [6.45, 7) is 0. The standard InChI is InChI=1S/C12H11F2NO3/c13-8-4-3-5-9(14)11(8)12(15(17)18)7-2-1-6-10(12)16/h3-5H,1-2,6-7H2. The monoisotopic (exact) mass is 255 g/mol. The summed E-state index contributed by atoms with van der Waals surface area (Å²) in [5.74, 6) is -2.80. The Kier molecular flexibility index (Phi) is 3.11. The SMILES string of the molecule is O=C1CCCCC1(c1c(F)cccc1F)[N+](=O)[O-]. The van der Waals surface area contributed by atoms with Crippen molar-refractivity contribution in [2.24, 2.45) is 0 Å². The van der Waals surface area contributed by atoms with E-state index >= 15 is 0 Å². The first-order valence-electron chi connectivity index (χ1n) is 5.62. The molecule has 0 spiro atoms. The van der Waals surface area contributed by atoms with Gasteiger partial charge < -0.3 is 0 Å². The van der Waals surface area contributed by atoms with Gasteiger partial charge in [-0.1, -0.05) is 6.07 Å². The zero-order valence-electron chi connectivity index (χ0n) is 9.49. The van der Waals surface area contributed by atoms with E-state index in [4.69, 9.17) is 0 Å². The van der Waals surface area contributed by atoms with Gasteiger partial charge in [-0.15, -0.1) is 0 Å². The molecule has 0 amide bonds. The molecule has 0 aromatic heterocycles. The van der Waals surface area contributed by atoms with E-state index in [0.717, 1.165) is 18.2 Å². The van der Waals surface area contributed by atoms with E-state index in [9.17, 15) is 23.7 Å². The zero-order valence-corrected chi connectivity index (χ0v) is 9.49. The average Bonchev–Trinajstić information content (AvgIpc) is 2.31. The maximum absolute atomic E-state index is 13.7. The molecule has 6 heteroatoms. The van der Waals surface area contributed by atoms with Crippen LogP contribution in [0.3, 0.4) is 0 Å². The molecule has 1 aliphatic rings. The maximum Gasteiger partial charge on any atom is 0.309 e. The number of hydrogen-bond donors (Lipinski definition) is 0. The Morgan fingerprint density at radius 3 is 2.33 bits per heavy atom. The van der Waals surface area contributed by atoms with Crippen LogP contribution in [0.1, 0.15) is 31.2 Å². The van der Waals surface area contributed by atoms with Crippen LogP contribution in [0.5, 0.6) is 0 Å². The molecule has 1 unspecified atom stereocenters. The van der Waals surface area contributed by atoms with Crippen molar-refractivity contribution in [3.63, 3.8) is 0 Å². The lowest BCUT2D eigenvalue weighted by Crippen LogP contribution is -2.47. The molecule has 0 bridgehead atoms. The van der Waals surface area contributed by atoms with Gasteiger partial charge >= 0.3 is 5.54 Å². The molecule has 4 nitrogen and oxygen atoms in total. The Labute approximate surface area is 102 Å². The molecular weight excluding hydrogens is 244 g/mol. The lowest BCUT2D eigenvalue weighted by atomic mass is 9.75. The Hall–Kier alpha value is -1.85. The minimum Gasteiger partial charge on any atom is -0.291 e. The van der Waals surface area contributed by atoms with Crippen molar-refractivity contribution in [3.05, 3.63) is 45.5 Å². The van der Waals surface area contributed by atoms with Gasteiger partial charge in [-0.05, 0) is 25.0 Å². The highest BCUT2D eigenvalue weighted by Crippen LogP contribution is 2.39. The zero-order chi connectivity index (χ0) is 13.3. The first kappa shape index (κ1) is 12.6. The summed E-state index contributed by atoms with van der Waals surface area (Å²) in [5.41, 5.74) is -2.98. The molecule has 1 aromatic carbocycles. The summed E-state index contributed by atoms with van der Waals surface area (Å²) in [7, 11) is 0. The first-order chi connectivity index (χ1) is 8.50. The maximum atomic E-state index is 13.7. The van der Waals surface area contributed by atoms with Gasteiger partial charge in [0.25, 0.3) is 0 Å². The first-order valence-corrected chi connectivity index (χ1v) is 5.62. The molecule has 1 fully saturated rings. The summed E-state index contributed by atoms with van der Waals surface area (Å²) in [6, 6.07) is 2.99. The van der Waals surface area contributed by atoms with Crippen LogP contribution in [0.4, 0.5) is 8.78 Å². The smallest absolute Gasteiger partial charge is 0.291 e. The van der Waals surface area contributed by atoms with Gasteiger partial charge in [0.2, 0.25) is 5.78 Å². The molecule has 1 saturated carbocycles. The molecule has 0 radical (unpaired) electrons. The minimum atomic E-state index is -2.26. The van der Waals surface area contributed by atoms with Crippen molar-refractivity contribution in [1.29, 1.82) is 0 Å². The van der Waals surface area contributed by atoms with Gasteiger partial charge in [-0.25, -0.2) is 8.78 Å². The second-order valence-corrected chi connectivity index (χ2v) is 4.34. The number of benzene rings is 1. The topological polar surface area (TPSA) is 60.2 Å². The van der Waals surface area contributed by atoms with Gasteiger partial charge in [0.05, 0.1) is 0 Å². The Balaban J connectivity index is 2.68. The van der Waals surface area contributed by atoms with Gasteiger partial charge in [0, 0.05) is 17.8 Å². The van der Waals surface area contributed by atoms with Gasteiger partial charge in [-0.2, -0.15) is 0 Å². The fourth-order valence-corrected chi connectivity index (χ4v) is 2.45. The van der Waals surface area contributed by atoms with Crippen LogP contribution in [-0.2, 0) is 10.3 Å². The highest BCUT2D eigenvalue weighted by molar-refractivity contribution is 5.89.